The molecule has 1 fully saturated rings. The minimum atomic E-state index is -0.273. The summed E-state index contributed by atoms with van der Waals surface area (Å²) in [7, 11) is 2.05. The zero-order chi connectivity index (χ0) is 20.1. The molecule has 0 unspecified atom stereocenters. The maximum absolute atomic E-state index is 12.7. The molecule has 0 bridgehead atoms. The van der Waals surface area contributed by atoms with Gasteiger partial charge in [-0.25, -0.2) is 0 Å². The molecule has 2 amide bonds. The van der Waals surface area contributed by atoms with Gasteiger partial charge in [0.25, 0.3) is 11.8 Å². The highest BCUT2D eigenvalue weighted by molar-refractivity contribution is 9.10. The molecule has 2 aromatic carbocycles. The molecule has 3 rings (SSSR count). The molecule has 0 aliphatic carbocycles. The Hall–Kier alpha value is -2.38. The quantitative estimate of drug-likeness (QED) is 0.767. The first-order valence-electron chi connectivity index (χ1n) is 9.19. The molecule has 7 heteroatoms. The van der Waals surface area contributed by atoms with Crippen LogP contribution in [0.15, 0.2) is 46.9 Å². The number of carbonyl (C=O) groups excluding carboxylic acids is 2. The summed E-state index contributed by atoms with van der Waals surface area (Å²) in [6, 6.07) is 12.6. The maximum atomic E-state index is 12.7. The van der Waals surface area contributed by atoms with Crippen molar-refractivity contribution in [1.82, 2.24) is 9.80 Å². The molecule has 0 spiro atoms. The van der Waals surface area contributed by atoms with Crippen LogP contribution in [0, 0.1) is 6.92 Å². The smallest absolute Gasteiger partial charge is 0.262 e. The first-order valence-corrected chi connectivity index (χ1v) is 9.98. The van der Waals surface area contributed by atoms with Gasteiger partial charge < -0.3 is 19.9 Å². The highest BCUT2D eigenvalue weighted by Crippen LogP contribution is 2.21. The number of nitrogens with one attached hydrogen (secondary N) is 1. The maximum Gasteiger partial charge on any atom is 0.262 e. The summed E-state index contributed by atoms with van der Waals surface area (Å²) >= 11 is 3.44. The predicted octanol–water partition coefficient (Wildman–Crippen LogP) is 3.16. The number of ether oxygens (including phenoxy) is 1. The van der Waals surface area contributed by atoms with Crippen LogP contribution in [-0.2, 0) is 4.79 Å². The van der Waals surface area contributed by atoms with Crippen molar-refractivity contribution in [3.8, 4) is 5.75 Å². The number of halogens is 1. The van der Waals surface area contributed by atoms with E-state index in [1.54, 1.807) is 30.3 Å². The summed E-state index contributed by atoms with van der Waals surface area (Å²) < 4.78 is 6.54. The van der Waals surface area contributed by atoms with E-state index >= 15 is 0 Å². The molecule has 28 heavy (non-hydrogen) atoms. The Kier molecular flexibility index (Phi) is 6.70. The van der Waals surface area contributed by atoms with Crippen molar-refractivity contribution in [2.75, 3.05) is 45.2 Å². The molecule has 0 saturated carbocycles. The SMILES string of the molecule is Cc1cc(OCC(=O)Nc2cccc(C(=O)N3CCN(C)CC3)c2)ccc1Br. The number of nitrogens with zero attached hydrogens (tertiary/aromatic N) is 2. The number of rotatable bonds is 5. The lowest BCUT2D eigenvalue weighted by Crippen LogP contribution is -2.47. The van der Waals surface area contributed by atoms with Crippen molar-refractivity contribution in [1.29, 1.82) is 0 Å². The molecule has 2 aromatic rings. The molecular formula is C21H24BrN3O3. The Bertz CT molecular complexity index is 864. The van der Waals surface area contributed by atoms with E-state index in [-0.39, 0.29) is 18.4 Å². The predicted molar refractivity (Wildman–Crippen MR) is 113 cm³/mol. The van der Waals surface area contributed by atoms with E-state index in [0.29, 0.717) is 30.1 Å². The zero-order valence-electron chi connectivity index (χ0n) is 16.1. The fourth-order valence-corrected chi connectivity index (χ4v) is 3.22. The highest BCUT2D eigenvalue weighted by Gasteiger charge is 2.20. The fraction of sp³-hybridized carbons (Fsp3) is 0.333. The lowest BCUT2D eigenvalue weighted by atomic mass is 10.1. The molecule has 0 atom stereocenters. The van der Waals surface area contributed by atoms with Crippen LogP contribution >= 0.6 is 15.9 Å². The van der Waals surface area contributed by atoms with Gasteiger partial charge in [-0.2, -0.15) is 0 Å². The van der Waals surface area contributed by atoms with Crippen LogP contribution in [0.1, 0.15) is 15.9 Å². The van der Waals surface area contributed by atoms with Crippen molar-refractivity contribution in [3.05, 3.63) is 58.1 Å². The third-order valence-corrected chi connectivity index (χ3v) is 5.57. The van der Waals surface area contributed by atoms with Crippen molar-refractivity contribution in [2.45, 2.75) is 6.92 Å². The number of anilines is 1. The van der Waals surface area contributed by atoms with Gasteiger partial charge in [-0.3, -0.25) is 9.59 Å². The van der Waals surface area contributed by atoms with Gasteiger partial charge in [-0.15, -0.1) is 0 Å². The van der Waals surface area contributed by atoms with E-state index in [9.17, 15) is 9.59 Å². The normalized spacial score (nSPS) is 14.6. The standard InChI is InChI=1S/C21H24BrN3O3/c1-15-12-18(6-7-19(15)22)28-14-20(26)23-17-5-3-4-16(13-17)21(27)25-10-8-24(2)9-11-25/h3-7,12-13H,8-11,14H2,1-2H3,(H,23,26). The monoisotopic (exact) mass is 445 g/mol. The average Bonchev–Trinajstić information content (AvgIpc) is 2.69. The average molecular weight is 446 g/mol. The zero-order valence-corrected chi connectivity index (χ0v) is 17.7. The topological polar surface area (TPSA) is 61.9 Å². The van der Waals surface area contributed by atoms with Crippen LogP contribution in [0.4, 0.5) is 5.69 Å². The number of piperazine rings is 1. The Morgan fingerprint density at radius 1 is 1.11 bits per heavy atom. The van der Waals surface area contributed by atoms with Gasteiger partial charge in [0.15, 0.2) is 6.61 Å². The lowest BCUT2D eigenvalue weighted by Gasteiger charge is -2.32. The third kappa shape index (κ3) is 5.33. The number of carbonyl (C=O) groups is 2. The summed E-state index contributed by atoms with van der Waals surface area (Å²) in [6.45, 7) is 5.03. The Morgan fingerprint density at radius 3 is 2.57 bits per heavy atom. The van der Waals surface area contributed by atoms with Gasteiger partial charge >= 0.3 is 0 Å². The van der Waals surface area contributed by atoms with Crippen molar-refractivity contribution in [3.63, 3.8) is 0 Å². The second-order valence-corrected chi connectivity index (χ2v) is 7.78. The molecule has 1 aliphatic heterocycles. The van der Waals surface area contributed by atoms with Gasteiger partial charge in [0.05, 0.1) is 0 Å². The van der Waals surface area contributed by atoms with E-state index in [0.717, 1.165) is 23.1 Å². The van der Waals surface area contributed by atoms with Gasteiger partial charge in [-0.1, -0.05) is 22.0 Å². The number of amides is 2. The lowest BCUT2D eigenvalue weighted by molar-refractivity contribution is -0.118. The van der Waals surface area contributed by atoms with Crippen LogP contribution in [0.3, 0.4) is 0 Å². The summed E-state index contributed by atoms with van der Waals surface area (Å²) in [5, 5.41) is 2.79. The largest absolute Gasteiger partial charge is 0.484 e. The van der Waals surface area contributed by atoms with Crippen LogP contribution in [0.25, 0.3) is 0 Å². The minimum absolute atomic E-state index is 0.00853. The highest BCUT2D eigenvalue weighted by atomic mass is 79.9. The molecule has 0 radical (unpaired) electrons. The van der Waals surface area contributed by atoms with Crippen molar-refractivity contribution >= 4 is 33.4 Å². The number of hydrogen-bond acceptors (Lipinski definition) is 4. The molecule has 1 heterocycles. The molecule has 1 saturated heterocycles. The second kappa shape index (κ2) is 9.21. The number of likely N-dealkylation sites (N-methyl/N-ethyl adjacent to an activating group) is 1. The fourth-order valence-electron chi connectivity index (χ4n) is 2.98. The number of aryl methyl sites for hydroxylation is 1. The Morgan fingerprint density at radius 2 is 1.86 bits per heavy atom. The molecule has 1 aliphatic rings. The van der Waals surface area contributed by atoms with Crippen LogP contribution in [0.2, 0.25) is 0 Å². The van der Waals surface area contributed by atoms with E-state index in [4.69, 9.17) is 4.74 Å². The van der Waals surface area contributed by atoms with E-state index < -0.39 is 0 Å². The molecule has 1 N–H and O–H groups in total. The minimum Gasteiger partial charge on any atom is -0.484 e. The Balaban J connectivity index is 1.56. The first kappa shape index (κ1) is 20.4. The third-order valence-electron chi connectivity index (χ3n) is 4.68. The molecule has 0 aromatic heterocycles. The van der Waals surface area contributed by atoms with Crippen LogP contribution in [0.5, 0.6) is 5.75 Å². The van der Waals surface area contributed by atoms with Gasteiger partial charge in [0, 0.05) is 41.9 Å². The summed E-state index contributed by atoms with van der Waals surface area (Å²) in [5.41, 5.74) is 2.19. The van der Waals surface area contributed by atoms with E-state index in [2.05, 4.69) is 33.2 Å². The van der Waals surface area contributed by atoms with Gasteiger partial charge in [-0.05, 0) is 55.9 Å². The van der Waals surface area contributed by atoms with Gasteiger partial charge in [0.1, 0.15) is 5.75 Å². The summed E-state index contributed by atoms with van der Waals surface area (Å²) in [5.74, 6) is 0.352. The number of hydrogen-bond donors (Lipinski definition) is 1. The van der Waals surface area contributed by atoms with E-state index in [1.165, 1.54) is 0 Å². The van der Waals surface area contributed by atoms with Crippen molar-refractivity contribution in [2.24, 2.45) is 0 Å². The summed E-state index contributed by atoms with van der Waals surface area (Å²) in [6.07, 6.45) is 0. The Labute approximate surface area is 173 Å². The first-order chi connectivity index (χ1) is 13.4. The van der Waals surface area contributed by atoms with Crippen LogP contribution < -0.4 is 10.1 Å². The summed E-state index contributed by atoms with van der Waals surface area (Å²) in [4.78, 5) is 28.9. The molecular weight excluding hydrogens is 422 g/mol. The molecule has 148 valence electrons. The second-order valence-electron chi connectivity index (χ2n) is 6.92. The van der Waals surface area contributed by atoms with E-state index in [1.807, 2.05) is 24.0 Å². The number of benzene rings is 2. The van der Waals surface area contributed by atoms with Crippen molar-refractivity contribution < 1.29 is 14.3 Å². The molecule has 6 nitrogen and oxygen atoms in total. The van der Waals surface area contributed by atoms with Crippen LogP contribution in [-0.4, -0.2) is 61.4 Å². The van der Waals surface area contributed by atoms with Gasteiger partial charge in [0.2, 0.25) is 0 Å².